The minimum Gasteiger partial charge on any atom is -0.352 e. The van der Waals surface area contributed by atoms with Gasteiger partial charge in [-0.3, -0.25) is 0 Å². The smallest absolute Gasteiger partial charge is 0.157 e. The fraction of sp³-hybridized carbons (Fsp3) is 0.846. The van der Waals surface area contributed by atoms with E-state index in [4.69, 9.17) is 9.47 Å². The van der Waals surface area contributed by atoms with Crippen molar-refractivity contribution in [3.05, 3.63) is 11.6 Å². The van der Waals surface area contributed by atoms with Crippen LogP contribution in [-0.4, -0.2) is 19.5 Å². The van der Waals surface area contributed by atoms with Crippen LogP contribution in [0.25, 0.3) is 0 Å². The van der Waals surface area contributed by atoms with E-state index in [1.807, 2.05) is 0 Å². The molecule has 0 aromatic heterocycles. The summed E-state index contributed by atoms with van der Waals surface area (Å²) in [5.74, 6) is 0.681. The third-order valence-corrected chi connectivity index (χ3v) is 3.98. The fourth-order valence-corrected chi connectivity index (χ4v) is 2.61. The molecule has 1 fully saturated rings. The Bertz CT molecular complexity index is 249. The Kier molecular flexibility index (Phi) is 3.17. The van der Waals surface area contributed by atoms with Crippen LogP contribution in [-0.2, 0) is 9.47 Å². The second kappa shape index (κ2) is 4.26. The van der Waals surface area contributed by atoms with Crippen LogP contribution in [0.4, 0.5) is 0 Å². The second-order valence-electron chi connectivity index (χ2n) is 5.18. The van der Waals surface area contributed by atoms with E-state index in [0.717, 1.165) is 26.1 Å². The van der Waals surface area contributed by atoms with Gasteiger partial charge in [-0.2, -0.15) is 0 Å². The van der Waals surface area contributed by atoms with E-state index in [9.17, 15) is 0 Å². The average molecular weight is 210 g/mol. The summed E-state index contributed by atoms with van der Waals surface area (Å²) in [5, 5.41) is 0. The van der Waals surface area contributed by atoms with Gasteiger partial charge in [-0.05, 0) is 32.1 Å². The molecule has 2 nitrogen and oxygen atoms in total. The zero-order valence-electron chi connectivity index (χ0n) is 10.1. The van der Waals surface area contributed by atoms with Crippen LogP contribution in [0.3, 0.4) is 0 Å². The van der Waals surface area contributed by atoms with Gasteiger partial charge in [0.15, 0.2) is 6.29 Å². The first-order valence-electron chi connectivity index (χ1n) is 6.05. The van der Waals surface area contributed by atoms with E-state index in [1.165, 1.54) is 12.0 Å². The lowest BCUT2D eigenvalue weighted by atomic mass is 9.68. The van der Waals surface area contributed by atoms with Crippen molar-refractivity contribution in [2.45, 2.75) is 46.3 Å². The Morgan fingerprint density at radius 1 is 1.40 bits per heavy atom. The van der Waals surface area contributed by atoms with Gasteiger partial charge in [-0.1, -0.05) is 25.5 Å². The third kappa shape index (κ3) is 2.11. The maximum absolute atomic E-state index is 5.77. The van der Waals surface area contributed by atoms with Crippen LogP contribution in [0.2, 0.25) is 0 Å². The summed E-state index contributed by atoms with van der Waals surface area (Å²) in [6, 6.07) is 0. The zero-order valence-corrected chi connectivity index (χ0v) is 10.1. The molecule has 0 radical (unpaired) electrons. The Labute approximate surface area is 92.6 Å². The Morgan fingerprint density at radius 3 is 2.60 bits per heavy atom. The molecular formula is C13H22O2. The summed E-state index contributed by atoms with van der Waals surface area (Å²) in [7, 11) is 0. The van der Waals surface area contributed by atoms with Gasteiger partial charge in [0.1, 0.15) is 0 Å². The standard InChI is InChI=1S/C13H22O2/c1-4-12-14-8-13(9-15-12)6-5-10(2)7-11(13)3/h5,11-12H,4,6-9H2,1-3H3/t11-,12?,13?/m1/s1. The van der Waals surface area contributed by atoms with Crippen LogP contribution in [0.15, 0.2) is 11.6 Å². The second-order valence-corrected chi connectivity index (χ2v) is 5.18. The van der Waals surface area contributed by atoms with Crippen LogP contribution in [0.1, 0.15) is 40.0 Å². The van der Waals surface area contributed by atoms with E-state index in [1.54, 1.807) is 0 Å². The van der Waals surface area contributed by atoms with Crippen molar-refractivity contribution in [2.75, 3.05) is 13.2 Å². The maximum atomic E-state index is 5.77. The van der Waals surface area contributed by atoms with Crippen molar-refractivity contribution < 1.29 is 9.47 Å². The minimum absolute atomic E-state index is 0.0369. The molecule has 2 aliphatic rings. The molecule has 1 heterocycles. The fourth-order valence-electron chi connectivity index (χ4n) is 2.61. The van der Waals surface area contributed by atoms with Crippen LogP contribution >= 0.6 is 0 Å². The number of rotatable bonds is 1. The summed E-state index contributed by atoms with van der Waals surface area (Å²) in [5.41, 5.74) is 1.77. The van der Waals surface area contributed by atoms with Gasteiger partial charge in [-0.25, -0.2) is 0 Å². The Morgan fingerprint density at radius 2 is 2.07 bits per heavy atom. The van der Waals surface area contributed by atoms with Crippen LogP contribution < -0.4 is 0 Å². The molecule has 0 aromatic rings. The molecule has 0 bridgehead atoms. The summed E-state index contributed by atoms with van der Waals surface area (Å²) >= 11 is 0. The minimum atomic E-state index is 0.0369. The Balaban J connectivity index is 2.03. The highest BCUT2D eigenvalue weighted by atomic mass is 16.7. The highest BCUT2D eigenvalue weighted by Crippen LogP contribution is 2.43. The molecule has 1 aliphatic carbocycles. The van der Waals surface area contributed by atoms with Crippen molar-refractivity contribution in [3.63, 3.8) is 0 Å². The van der Waals surface area contributed by atoms with Crippen molar-refractivity contribution in [3.8, 4) is 0 Å². The van der Waals surface area contributed by atoms with Gasteiger partial charge in [0.2, 0.25) is 0 Å². The number of ether oxygens (including phenoxy) is 2. The molecule has 0 amide bonds. The zero-order chi connectivity index (χ0) is 10.9. The summed E-state index contributed by atoms with van der Waals surface area (Å²) < 4.78 is 11.5. The molecule has 1 saturated heterocycles. The molecule has 2 heteroatoms. The monoisotopic (exact) mass is 210 g/mol. The molecule has 1 aliphatic heterocycles. The molecule has 86 valence electrons. The topological polar surface area (TPSA) is 18.5 Å². The van der Waals surface area contributed by atoms with Gasteiger partial charge in [0.05, 0.1) is 13.2 Å². The Hall–Kier alpha value is -0.340. The first kappa shape index (κ1) is 11.2. The molecule has 1 atom stereocenters. The number of hydrogen-bond acceptors (Lipinski definition) is 2. The van der Waals surface area contributed by atoms with Crippen molar-refractivity contribution in [1.29, 1.82) is 0 Å². The van der Waals surface area contributed by atoms with E-state index in [-0.39, 0.29) is 11.7 Å². The largest absolute Gasteiger partial charge is 0.352 e. The molecule has 2 rings (SSSR count). The van der Waals surface area contributed by atoms with Crippen molar-refractivity contribution >= 4 is 0 Å². The molecule has 0 unspecified atom stereocenters. The van der Waals surface area contributed by atoms with E-state index >= 15 is 0 Å². The summed E-state index contributed by atoms with van der Waals surface area (Å²) in [4.78, 5) is 0. The lowest BCUT2D eigenvalue weighted by Gasteiger charge is -2.45. The summed E-state index contributed by atoms with van der Waals surface area (Å²) in [6.07, 6.45) is 5.67. The van der Waals surface area contributed by atoms with Crippen LogP contribution in [0.5, 0.6) is 0 Å². The van der Waals surface area contributed by atoms with Gasteiger partial charge in [-0.15, -0.1) is 0 Å². The molecule has 15 heavy (non-hydrogen) atoms. The lowest BCUT2D eigenvalue weighted by molar-refractivity contribution is -0.241. The quantitative estimate of drug-likeness (QED) is 0.619. The van der Waals surface area contributed by atoms with Gasteiger partial charge in [0, 0.05) is 5.41 Å². The molecule has 0 N–H and O–H groups in total. The van der Waals surface area contributed by atoms with Crippen LogP contribution in [0, 0.1) is 11.3 Å². The van der Waals surface area contributed by atoms with Gasteiger partial charge >= 0.3 is 0 Å². The molecule has 0 saturated carbocycles. The average Bonchev–Trinajstić information content (AvgIpc) is 2.25. The predicted octanol–water partition coefficient (Wildman–Crippen LogP) is 3.13. The maximum Gasteiger partial charge on any atom is 0.157 e. The number of allylic oxidation sites excluding steroid dienone is 2. The van der Waals surface area contributed by atoms with Crippen molar-refractivity contribution in [2.24, 2.45) is 11.3 Å². The molecule has 0 aromatic carbocycles. The van der Waals surface area contributed by atoms with E-state index < -0.39 is 0 Å². The first-order valence-corrected chi connectivity index (χ1v) is 6.05. The van der Waals surface area contributed by atoms with Gasteiger partial charge in [0.25, 0.3) is 0 Å². The SMILES string of the molecule is CCC1OCC2(CC=C(C)C[C@H]2C)CO1. The van der Waals surface area contributed by atoms with Gasteiger partial charge < -0.3 is 9.47 Å². The number of hydrogen-bond donors (Lipinski definition) is 0. The van der Waals surface area contributed by atoms with E-state index in [2.05, 4.69) is 26.8 Å². The lowest BCUT2D eigenvalue weighted by Crippen LogP contribution is -2.46. The highest BCUT2D eigenvalue weighted by Gasteiger charge is 2.41. The predicted molar refractivity (Wildman–Crippen MR) is 60.6 cm³/mol. The highest BCUT2D eigenvalue weighted by molar-refractivity contribution is 5.10. The van der Waals surface area contributed by atoms with Crippen molar-refractivity contribution in [1.82, 2.24) is 0 Å². The third-order valence-electron chi connectivity index (χ3n) is 3.98. The van der Waals surface area contributed by atoms with E-state index in [0.29, 0.717) is 5.92 Å². The first-order chi connectivity index (χ1) is 7.16. The molecular weight excluding hydrogens is 188 g/mol. The summed E-state index contributed by atoms with van der Waals surface area (Å²) in [6.45, 7) is 8.40. The molecule has 1 spiro atoms. The normalized spacial score (nSPS) is 41.7.